The summed E-state index contributed by atoms with van der Waals surface area (Å²) in [5.41, 5.74) is 5.45. The SMILES string of the molecule is CC[C@@H](C)[C@H](NC)C(=O)N[C@@H](CO)C(=O)N1CCC[C@H]1C(=O)N[C@@H](C)C(=O)N[C@@H](CC(C)C)C(=O)N[C@@H](CC(C)C)C(=O)N[C@@H](C)C(=O)N[C@@H](CO)C(=O)N[C@@H](CC(C)C)C(=O)N[C@H](C(N)=O)C(C)C. The van der Waals surface area contributed by atoms with Gasteiger partial charge in [0.25, 0.3) is 0 Å². The number of hydrogen-bond donors (Lipinski definition) is 12. The molecule has 13 N–H and O–H groups in total. The van der Waals surface area contributed by atoms with Gasteiger partial charge in [0.2, 0.25) is 59.1 Å². The van der Waals surface area contributed by atoms with E-state index in [2.05, 4.69) is 47.9 Å². The van der Waals surface area contributed by atoms with Gasteiger partial charge >= 0.3 is 0 Å². The van der Waals surface area contributed by atoms with Crippen LogP contribution in [0.15, 0.2) is 0 Å². The quantitative estimate of drug-likeness (QED) is 0.0364. The summed E-state index contributed by atoms with van der Waals surface area (Å²) >= 11 is 0. The second kappa shape index (κ2) is 30.3. The van der Waals surface area contributed by atoms with Crippen molar-refractivity contribution in [3.05, 3.63) is 0 Å². The Kier molecular flexibility index (Phi) is 27.1. The molecule has 1 heterocycles. The molecule has 0 radical (unpaired) electrons. The van der Waals surface area contributed by atoms with Crippen molar-refractivity contribution in [3.63, 3.8) is 0 Å². The zero-order chi connectivity index (χ0) is 53.7. The molecule has 0 unspecified atom stereocenters. The molecule has 23 heteroatoms. The first-order valence-electron chi connectivity index (χ1n) is 24.6. The van der Waals surface area contributed by atoms with Crippen molar-refractivity contribution in [2.45, 2.75) is 182 Å². The summed E-state index contributed by atoms with van der Waals surface area (Å²) in [5, 5.41) is 43.6. The molecule has 0 aromatic rings. The van der Waals surface area contributed by atoms with Gasteiger partial charge in [-0.3, -0.25) is 47.9 Å². The smallest absolute Gasteiger partial charge is 0.248 e. The van der Waals surface area contributed by atoms with E-state index in [1.165, 1.54) is 18.7 Å². The Morgan fingerprint density at radius 2 is 0.929 bits per heavy atom. The Bertz CT molecular complexity index is 1800. The van der Waals surface area contributed by atoms with E-state index < -0.39 is 133 Å². The number of rotatable bonds is 30. The standard InChI is InChI=1S/C47H85N11O12/c1-14-27(10)37(49-13)46(69)56-34(22-60)47(70)58-17-15-16-35(58)45(68)51-29(12)39(62)52-31(19-24(4)5)42(65)53-30(18-23(2)3)41(64)50-28(11)40(63)55-33(21-59)44(67)54-32(20-25(6)7)43(66)57-36(26(8)9)38(48)61/h23-37,49,59-60H,14-22H2,1-13H3,(H2,48,61)(H,50,64)(H,51,68)(H,52,62)(H,53,65)(H,54,67)(H,55,63)(H,56,69)(H,57,66)/t27-,28+,29+,30+,31+,32+,33+,34+,35+,36+,37+/m1/s1. The number of likely N-dealkylation sites (N-methyl/N-ethyl adjacent to an activating group) is 1. The van der Waals surface area contributed by atoms with Gasteiger partial charge in [-0.15, -0.1) is 0 Å². The van der Waals surface area contributed by atoms with Crippen LogP contribution in [0.5, 0.6) is 0 Å². The Morgan fingerprint density at radius 1 is 0.529 bits per heavy atom. The van der Waals surface area contributed by atoms with Crippen molar-refractivity contribution in [1.82, 2.24) is 52.8 Å². The number of aliphatic hydroxyl groups excluding tert-OH is 2. The largest absolute Gasteiger partial charge is 0.394 e. The summed E-state index contributed by atoms with van der Waals surface area (Å²) < 4.78 is 0. The van der Waals surface area contributed by atoms with Gasteiger partial charge in [-0.25, -0.2) is 0 Å². The Labute approximate surface area is 413 Å². The van der Waals surface area contributed by atoms with E-state index in [9.17, 15) is 58.2 Å². The van der Waals surface area contributed by atoms with Gasteiger partial charge in [-0.2, -0.15) is 0 Å². The second-order valence-corrected chi connectivity index (χ2v) is 20.0. The van der Waals surface area contributed by atoms with Crippen molar-refractivity contribution >= 4 is 59.1 Å². The number of hydrogen-bond acceptors (Lipinski definition) is 13. The summed E-state index contributed by atoms with van der Waals surface area (Å²) in [4.78, 5) is 134. The van der Waals surface area contributed by atoms with Crippen LogP contribution < -0.4 is 53.6 Å². The fraction of sp³-hybridized carbons (Fsp3) is 0.787. The molecule has 1 aliphatic heterocycles. The van der Waals surface area contributed by atoms with Gasteiger partial charge in [0.1, 0.15) is 54.4 Å². The van der Waals surface area contributed by atoms with Crippen molar-refractivity contribution in [2.75, 3.05) is 26.8 Å². The average Bonchev–Trinajstić information content (AvgIpc) is 3.77. The van der Waals surface area contributed by atoms with E-state index in [1.807, 2.05) is 41.5 Å². The number of nitrogens with one attached hydrogen (secondary N) is 9. The molecular formula is C47H85N11O12. The molecule has 11 atom stereocenters. The van der Waals surface area contributed by atoms with E-state index in [4.69, 9.17) is 5.73 Å². The molecule has 10 amide bonds. The number of likely N-dealkylation sites (tertiary alicyclic amines) is 1. The molecule has 1 saturated heterocycles. The molecule has 400 valence electrons. The molecule has 0 bridgehead atoms. The highest BCUT2D eigenvalue weighted by Gasteiger charge is 2.40. The van der Waals surface area contributed by atoms with Crippen LogP contribution in [0.25, 0.3) is 0 Å². The highest BCUT2D eigenvalue weighted by atomic mass is 16.3. The molecule has 0 aromatic carbocycles. The lowest BCUT2D eigenvalue weighted by atomic mass is 9.98. The predicted molar refractivity (Wildman–Crippen MR) is 260 cm³/mol. The molecule has 0 saturated carbocycles. The molecular weight excluding hydrogens is 911 g/mol. The van der Waals surface area contributed by atoms with Gasteiger partial charge in [0, 0.05) is 6.54 Å². The summed E-state index contributed by atoms with van der Waals surface area (Å²) in [6.07, 6.45) is 1.79. The molecule has 1 rings (SSSR count). The lowest BCUT2D eigenvalue weighted by molar-refractivity contribution is -0.143. The zero-order valence-electron chi connectivity index (χ0n) is 43.5. The maximum atomic E-state index is 13.9. The Morgan fingerprint density at radius 3 is 1.34 bits per heavy atom. The molecule has 0 spiro atoms. The number of aliphatic hydroxyl groups is 2. The minimum absolute atomic E-state index is 0.0638. The van der Waals surface area contributed by atoms with Gasteiger partial charge < -0.3 is 68.7 Å². The number of primary amides is 1. The number of nitrogens with zero attached hydrogens (tertiary/aromatic N) is 1. The zero-order valence-corrected chi connectivity index (χ0v) is 43.5. The van der Waals surface area contributed by atoms with Gasteiger partial charge in [0.15, 0.2) is 0 Å². The minimum Gasteiger partial charge on any atom is -0.394 e. The van der Waals surface area contributed by atoms with Crippen molar-refractivity contribution in [1.29, 1.82) is 0 Å². The monoisotopic (exact) mass is 996 g/mol. The van der Waals surface area contributed by atoms with E-state index in [1.54, 1.807) is 34.7 Å². The third-order valence-electron chi connectivity index (χ3n) is 12.1. The van der Waals surface area contributed by atoms with Crippen LogP contribution in [0.2, 0.25) is 0 Å². The van der Waals surface area contributed by atoms with Crippen LogP contribution in [0.3, 0.4) is 0 Å². The van der Waals surface area contributed by atoms with Crippen molar-refractivity contribution < 1.29 is 58.2 Å². The van der Waals surface area contributed by atoms with Crippen LogP contribution in [-0.4, -0.2) is 161 Å². The topological polar surface area (TPSA) is 349 Å². The maximum Gasteiger partial charge on any atom is 0.248 e. The number of carbonyl (C=O) groups excluding carboxylic acids is 10. The molecule has 1 aliphatic rings. The molecule has 0 aromatic heterocycles. The van der Waals surface area contributed by atoms with Crippen LogP contribution in [-0.2, 0) is 47.9 Å². The Hall–Kier alpha value is -5.42. The lowest BCUT2D eigenvalue weighted by Crippen LogP contribution is -2.60. The van der Waals surface area contributed by atoms with Crippen molar-refractivity contribution in [2.24, 2.45) is 35.3 Å². The van der Waals surface area contributed by atoms with E-state index in [0.717, 1.165) is 0 Å². The summed E-state index contributed by atoms with van der Waals surface area (Å²) in [6, 6.07) is -11.5. The Balaban J connectivity index is 3.09. The molecule has 0 aliphatic carbocycles. The summed E-state index contributed by atoms with van der Waals surface area (Å²) in [5.74, 6) is -7.98. The first-order chi connectivity index (χ1) is 32.6. The van der Waals surface area contributed by atoms with E-state index >= 15 is 0 Å². The van der Waals surface area contributed by atoms with Crippen LogP contribution in [0, 0.1) is 29.6 Å². The predicted octanol–water partition coefficient (Wildman–Crippen LogP) is -2.21. The highest BCUT2D eigenvalue weighted by molar-refractivity contribution is 5.98. The van der Waals surface area contributed by atoms with E-state index in [-0.39, 0.29) is 61.8 Å². The van der Waals surface area contributed by atoms with Crippen LogP contribution in [0.4, 0.5) is 0 Å². The lowest BCUT2D eigenvalue weighted by Gasteiger charge is -2.30. The minimum atomic E-state index is -1.55. The van der Waals surface area contributed by atoms with Crippen molar-refractivity contribution in [3.8, 4) is 0 Å². The van der Waals surface area contributed by atoms with Gasteiger partial charge in [-0.05, 0) is 82.6 Å². The van der Waals surface area contributed by atoms with Crippen LogP contribution >= 0.6 is 0 Å². The van der Waals surface area contributed by atoms with E-state index in [0.29, 0.717) is 12.8 Å². The summed E-state index contributed by atoms with van der Waals surface area (Å²) in [7, 11) is 1.62. The summed E-state index contributed by atoms with van der Waals surface area (Å²) in [6.45, 7) is 19.4. The third-order valence-corrected chi connectivity index (χ3v) is 12.1. The maximum absolute atomic E-state index is 13.9. The second-order valence-electron chi connectivity index (χ2n) is 20.0. The number of amides is 10. The molecule has 70 heavy (non-hydrogen) atoms. The van der Waals surface area contributed by atoms with Gasteiger partial charge in [0.05, 0.1) is 19.3 Å². The first-order valence-corrected chi connectivity index (χ1v) is 24.6. The fourth-order valence-electron chi connectivity index (χ4n) is 7.88. The first kappa shape index (κ1) is 62.6. The van der Waals surface area contributed by atoms with Crippen LogP contribution in [0.1, 0.15) is 122 Å². The normalized spacial score (nSPS) is 18.0. The average molecular weight is 996 g/mol. The van der Waals surface area contributed by atoms with Gasteiger partial charge in [-0.1, -0.05) is 75.7 Å². The number of carbonyl (C=O) groups is 10. The highest BCUT2D eigenvalue weighted by Crippen LogP contribution is 2.20. The fourth-order valence-corrected chi connectivity index (χ4v) is 7.88. The molecule has 23 nitrogen and oxygen atoms in total. The molecule has 1 fully saturated rings. The third kappa shape index (κ3) is 20.1. The number of nitrogens with two attached hydrogens (primary N) is 1.